The molecular formula is C14H17N3O3. The molecular weight excluding hydrogens is 258 g/mol. The third-order valence-corrected chi connectivity index (χ3v) is 3.23. The van der Waals surface area contributed by atoms with Gasteiger partial charge in [-0.15, -0.1) is 0 Å². The number of carbonyl (C=O) groups is 1. The summed E-state index contributed by atoms with van der Waals surface area (Å²) >= 11 is 0. The molecule has 1 heterocycles. The van der Waals surface area contributed by atoms with Gasteiger partial charge in [0.25, 0.3) is 5.91 Å². The molecule has 2 rings (SSSR count). The molecule has 6 heteroatoms. The Hall–Kier alpha value is -2.42. The first-order valence-electron chi connectivity index (χ1n) is 6.44. The third kappa shape index (κ3) is 2.94. The van der Waals surface area contributed by atoms with E-state index in [2.05, 4.69) is 0 Å². The standard InChI is InChI=1S/C14H17N3O3/c1-19-12-7-10(8-15)6-11(16)14(12)20-9-13(18)17-4-2-3-5-17/h6-7H,2-5,9,16H2,1H3. The van der Waals surface area contributed by atoms with Crippen molar-refractivity contribution in [1.29, 1.82) is 5.26 Å². The van der Waals surface area contributed by atoms with E-state index in [0.29, 0.717) is 17.1 Å². The molecule has 0 aromatic heterocycles. The number of anilines is 1. The highest BCUT2D eigenvalue weighted by atomic mass is 16.5. The number of nitrogen functional groups attached to an aromatic ring is 1. The van der Waals surface area contributed by atoms with E-state index in [1.54, 1.807) is 4.90 Å². The van der Waals surface area contributed by atoms with E-state index < -0.39 is 0 Å². The van der Waals surface area contributed by atoms with Gasteiger partial charge >= 0.3 is 0 Å². The van der Waals surface area contributed by atoms with Crippen molar-refractivity contribution in [3.05, 3.63) is 17.7 Å². The van der Waals surface area contributed by atoms with E-state index in [-0.39, 0.29) is 18.2 Å². The Balaban J connectivity index is 2.09. The van der Waals surface area contributed by atoms with Gasteiger partial charge in [-0.05, 0) is 18.9 Å². The van der Waals surface area contributed by atoms with Crippen LogP contribution >= 0.6 is 0 Å². The van der Waals surface area contributed by atoms with Crippen LogP contribution in [0, 0.1) is 11.3 Å². The lowest BCUT2D eigenvalue weighted by atomic mass is 10.2. The number of methoxy groups -OCH3 is 1. The zero-order valence-electron chi connectivity index (χ0n) is 11.4. The van der Waals surface area contributed by atoms with Crippen molar-refractivity contribution in [3.8, 4) is 17.6 Å². The van der Waals surface area contributed by atoms with Crippen LogP contribution in [0.5, 0.6) is 11.5 Å². The molecule has 20 heavy (non-hydrogen) atoms. The van der Waals surface area contributed by atoms with Gasteiger partial charge in [0.15, 0.2) is 18.1 Å². The summed E-state index contributed by atoms with van der Waals surface area (Å²) in [7, 11) is 1.46. The van der Waals surface area contributed by atoms with Crippen molar-refractivity contribution < 1.29 is 14.3 Å². The van der Waals surface area contributed by atoms with Crippen molar-refractivity contribution in [2.45, 2.75) is 12.8 Å². The lowest BCUT2D eigenvalue weighted by Crippen LogP contribution is -2.32. The van der Waals surface area contributed by atoms with Crippen LogP contribution in [-0.2, 0) is 4.79 Å². The number of benzene rings is 1. The van der Waals surface area contributed by atoms with E-state index in [0.717, 1.165) is 25.9 Å². The Morgan fingerprint density at radius 1 is 1.45 bits per heavy atom. The van der Waals surface area contributed by atoms with E-state index >= 15 is 0 Å². The molecule has 0 saturated carbocycles. The fourth-order valence-corrected chi connectivity index (χ4v) is 2.19. The van der Waals surface area contributed by atoms with Gasteiger partial charge in [0, 0.05) is 19.2 Å². The summed E-state index contributed by atoms with van der Waals surface area (Å²) in [6.45, 7) is 1.48. The number of nitrogens with zero attached hydrogens (tertiary/aromatic N) is 2. The maximum atomic E-state index is 11.9. The van der Waals surface area contributed by atoms with Crippen molar-refractivity contribution in [2.75, 3.05) is 32.5 Å². The minimum Gasteiger partial charge on any atom is -0.493 e. The summed E-state index contributed by atoms with van der Waals surface area (Å²) in [5.41, 5.74) is 6.51. The molecule has 0 spiro atoms. The molecule has 0 unspecified atom stereocenters. The minimum absolute atomic E-state index is 0.0617. The van der Waals surface area contributed by atoms with Crippen LogP contribution < -0.4 is 15.2 Å². The van der Waals surface area contributed by atoms with Gasteiger partial charge in [-0.1, -0.05) is 0 Å². The summed E-state index contributed by atoms with van der Waals surface area (Å²) in [5.74, 6) is 0.600. The number of hydrogen-bond acceptors (Lipinski definition) is 5. The minimum atomic E-state index is -0.0769. The van der Waals surface area contributed by atoms with Crippen LogP contribution in [0.25, 0.3) is 0 Å². The van der Waals surface area contributed by atoms with Crippen LogP contribution in [0.4, 0.5) is 5.69 Å². The lowest BCUT2D eigenvalue weighted by molar-refractivity contribution is -0.132. The van der Waals surface area contributed by atoms with Gasteiger partial charge in [-0.25, -0.2) is 0 Å². The normalized spacial score (nSPS) is 13.9. The molecule has 0 bridgehead atoms. The zero-order chi connectivity index (χ0) is 14.5. The third-order valence-electron chi connectivity index (χ3n) is 3.23. The monoisotopic (exact) mass is 275 g/mol. The Bertz CT molecular complexity index is 545. The van der Waals surface area contributed by atoms with Gasteiger partial charge in [0.05, 0.1) is 24.4 Å². The van der Waals surface area contributed by atoms with Crippen LogP contribution in [0.3, 0.4) is 0 Å². The molecule has 0 aliphatic carbocycles. The predicted octanol–water partition coefficient (Wildman–Crippen LogP) is 1.15. The molecule has 0 atom stereocenters. The smallest absolute Gasteiger partial charge is 0.260 e. The van der Waals surface area contributed by atoms with E-state index in [4.69, 9.17) is 20.5 Å². The number of ether oxygens (including phenoxy) is 2. The maximum absolute atomic E-state index is 11.9. The Labute approximate surface area is 117 Å². The van der Waals surface area contributed by atoms with Crippen LogP contribution in [-0.4, -0.2) is 37.6 Å². The average molecular weight is 275 g/mol. The summed E-state index contributed by atoms with van der Waals surface area (Å²) < 4.78 is 10.6. The largest absolute Gasteiger partial charge is 0.493 e. The van der Waals surface area contributed by atoms with Crippen molar-refractivity contribution in [1.82, 2.24) is 4.90 Å². The first-order valence-corrected chi connectivity index (χ1v) is 6.44. The van der Waals surface area contributed by atoms with Crippen LogP contribution in [0.2, 0.25) is 0 Å². The Morgan fingerprint density at radius 3 is 2.75 bits per heavy atom. The number of rotatable bonds is 4. The van der Waals surface area contributed by atoms with Crippen molar-refractivity contribution >= 4 is 11.6 Å². The molecule has 1 saturated heterocycles. The summed E-state index contributed by atoms with van der Waals surface area (Å²) in [4.78, 5) is 13.7. The first-order chi connectivity index (χ1) is 9.65. The fourth-order valence-electron chi connectivity index (χ4n) is 2.19. The van der Waals surface area contributed by atoms with Gasteiger partial charge in [0.2, 0.25) is 0 Å². The highest BCUT2D eigenvalue weighted by molar-refractivity contribution is 5.78. The summed E-state index contributed by atoms with van der Waals surface area (Å²) in [6, 6.07) is 5.02. The molecule has 0 radical (unpaired) electrons. The summed E-state index contributed by atoms with van der Waals surface area (Å²) in [5, 5.41) is 8.87. The van der Waals surface area contributed by atoms with Gasteiger partial charge in [-0.2, -0.15) is 5.26 Å². The van der Waals surface area contributed by atoms with Gasteiger partial charge in [0.1, 0.15) is 0 Å². The van der Waals surface area contributed by atoms with E-state index in [1.807, 2.05) is 6.07 Å². The molecule has 1 fully saturated rings. The fraction of sp³-hybridized carbons (Fsp3) is 0.429. The first kappa shape index (κ1) is 14.0. The zero-order valence-corrected chi connectivity index (χ0v) is 11.4. The Kier molecular flexibility index (Phi) is 4.31. The molecule has 1 aliphatic heterocycles. The second-order valence-corrected chi connectivity index (χ2v) is 4.59. The predicted molar refractivity (Wildman–Crippen MR) is 73.4 cm³/mol. The molecule has 106 valence electrons. The number of amides is 1. The Morgan fingerprint density at radius 2 is 2.15 bits per heavy atom. The number of nitriles is 1. The topological polar surface area (TPSA) is 88.6 Å². The van der Waals surface area contributed by atoms with Gasteiger partial charge in [-0.3, -0.25) is 4.79 Å². The second-order valence-electron chi connectivity index (χ2n) is 4.59. The van der Waals surface area contributed by atoms with Gasteiger partial charge < -0.3 is 20.1 Å². The maximum Gasteiger partial charge on any atom is 0.260 e. The van der Waals surface area contributed by atoms with Crippen molar-refractivity contribution in [2.24, 2.45) is 0 Å². The van der Waals surface area contributed by atoms with Crippen LogP contribution in [0.1, 0.15) is 18.4 Å². The number of likely N-dealkylation sites (tertiary alicyclic amines) is 1. The molecule has 6 nitrogen and oxygen atoms in total. The number of nitrogens with two attached hydrogens (primary N) is 1. The highest BCUT2D eigenvalue weighted by Gasteiger charge is 2.19. The van der Waals surface area contributed by atoms with E-state index in [9.17, 15) is 4.79 Å². The molecule has 1 aromatic rings. The highest BCUT2D eigenvalue weighted by Crippen LogP contribution is 2.34. The molecule has 1 aromatic carbocycles. The molecule has 1 aliphatic rings. The SMILES string of the molecule is COc1cc(C#N)cc(N)c1OCC(=O)N1CCCC1. The quantitative estimate of drug-likeness (QED) is 0.833. The second kappa shape index (κ2) is 6.15. The lowest BCUT2D eigenvalue weighted by Gasteiger charge is -2.17. The van der Waals surface area contributed by atoms with E-state index in [1.165, 1.54) is 19.2 Å². The van der Waals surface area contributed by atoms with Crippen molar-refractivity contribution in [3.63, 3.8) is 0 Å². The molecule has 1 amide bonds. The van der Waals surface area contributed by atoms with Crippen LogP contribution in [0.15, 0.2) is 12.1 Å². The molecule has 2 N–H and O–H groups in total. The number of carbonyl (C=O) groups excluding carboxylic acids is 1. The average Bonchev–Trinajstić information content (AvgIpc) is 2.99. The summed E-state index contributed by atoms with van der Waals surface area (Å²) in [6.07, 6.45) is 2.07. The number of hydrogen-bond donors (Lipinski definition) is 1.